The normalized spacial score (nSPS) is 27.7. The van der Waals surface area contributed by atoms with Crippen LogP contribution in [0.25, 0.3) is 0 Å². The number of thioether (sulfide) groups is 1. The first-order valence-electron chi connectivity index (χ1n) is 4.13. The molecule has 80 valence electrons. The Labute approximate surface area is 89.0 Å². The Hall–Kier alpha value is -1.57. The third-order valence-corrected chi connectivity index (χ3v) is 3.08. The number of carboxylic acids is 1. The van der Waals surface area contributed by atoms with Gasteiger partial charge in [-0.3, -0.25) is 19.6 Å². The summed E-state index contributed by atoms with van der Waals surface area (Å²) in [5, 5.41) is 13.6. The molecule has 0 aromatic rings. The lowest BCUT2D eigenvalue weighted by atomic mass is 10.2. The molecule has 2 aliphatic rings. The highest BCUT2D eigenvalue weighted by molar-refractivity contribution is 8.12. The monoisotopic (exact) mass is 228 g/mol. The summed E-state index contributed by atoms with van der Waals surface area (Å²) in [5.74, 6) is -1.66. The molecule has 0 bridgehead atoms. The minimum absolute atomic E-state index is 0.127. The molecule has 8 heteroatoms. The zero-order valence-corrected chi connectivity index (χ0v) is 8.35. The Morgan fingerprint density at radius 3 is 3.00 bits per heavy atom. The van der Waals surface area contributed by atoms with Gasteiger partial charge in [-0.25, -0.2) is 0 Å². The van der Waals surface area contributed by atoms with Gasteiger partial charge in [-0.1, -0.05) is 11.8 Å². The predicted molar refractivity (Wildman–Crippen MR) is 54.6 cm³/mol. The molecule has 0 saturated carbocycles. The average Bonchev–Trinajstić information content (AvgIpc) is 2.66. The van der Waals surface area contributed by atoms with E-state index >= 15 is 0 Å². The largest absolute Gasteiger partial charge is 0.480 e. The van der Waals surface area contributed by atoms with E-state index in [9.17, 15) is 9.59 Å². The fourth-order valence-electron chi connectivity index (χ4n) is 1.46. The maximum atomic E-state index is 11.0. The van der Waals surface area contributed by atoms with Gasteiger partial charge in [0.1, 0.15) is 18.0 Å². The van der Waals surface area contributed by atoms with Crippen LogP contribution in [-0.4, -0.2) is 51.2 Å². The van der Waals surface area contributed by atoms with Gasteiger partial charge in [0, 0.05) is 0 Å². The number of nitrogens with zero attached hydrogens (tertiary/aromatic N) is 3. The van der Waals surface area contributed by atoms with E-state index in [1.54, 1.807) is 5.55 Å². The number of hydrogen-bond acceptors (Lipinski definition) is 6. The molecular formula is C7H8N4O3S. The van der Waals surface area contributed by atoms with Crippen molar-refractivity contribution in [3.8, 4) is 0 Å². The van der Waals surface area contributed by atoms with Crippen LogP contribution in [0.5, 0.6) is 0 Å². The van der Waals surface area contributed by atoms with Crippen molar-refractivity contribution in [3.63, 3.8) is 0 Å². The number of carboxylic acid groups (broad SMARTS) is 1. The van der Waals surface area contributed by atoms with Gasteiger partial charge in [0.15, 0.2) is 5.71 Å². The van der Waals surface area contributed by atoms with Crippen LogP contribution in [0.2, 0.25) is 0 Å². The van der Waals surface area contributed by atoms with Gasteiger partial charge in [0.05, 0.1) is 5.55 Å². The van der Waals surface area contributed by atoms with Crippen LogP contribution in [0.4, 0.5) is 0 Å². The summed E-state index contributed by atoms with van der Waals surface area (Å²) in [7, 11) is 0. The fourth-order valence-corrected chi connectivity index (χ4v) is 2.40. The molecule has 0 fully saturated rings. The summed E-state index contributed by atoms with van der Waals surface area (Å²) < 4.78 is 0. The smallest absolute Gasteiger partial charge is 0.324 e. The Kier molecular flexibility index (Phi) is 2.35. The molecule has 2 aliphatic heterocycles. The van der Waals surface area contributed by atoms with Gasteiger partial charge >= 0.3 is 5.97 Å². The quantitative estimate of drug-likeness (QED) is 0.624. The molecule has 2 heterocycles. The predicted octanol–water partition coefficient (Wildman–Crippen LogP) is -1.30. The van der Waals surface area contributed by atoms with E-state index in [4.69, 9.17) is 10.8 Å². The first-order valence-corrected chi connectivity index (χ1v) is 5.07. The summed E-state index contributed by atoms with van der Waals surface area (Å²) in [6.45, 7) is -0.256. The first-order chi connectivity index (χ1) is 7.09. The molecule has 2 rings (SSSR count). The molecule has 0 spiro atoms. The van der Waals surface area contributed by atoms with E-state index < -0.39 is 17.9 Å². The van der Waals surface area contributed by atoms with Crippen LogP contribution in [0, 0.1) is 0 Å². The number of fused-ring (bicyclic) bond motifs is 1. The molecule has 2 atom stereocenters. The van der Waals surface area contributed by atoms with Crippen molar-refractivity contribution in [2.24, 2.45) is 15.8 Å². The minimum Gasteiger partial charge on any atom is -0.480 e. The van der Waals surface area contributed by atoms with Crippen molar-refractivity contribution in [1.29, 1.82) is 0 Å². The molecule has 3 N–H and O–H groups in total. The highest BCUT2D eigenvalue weighted by Crippen LogP contribution is 2.31. The molecule has 2 unspecified atom stereocenters. The number of carbonyl (C=O) groups excluding carboxylic acids is 1. The third-order valence-electron chi connectivity index (χ3n) is 2.05. The maximum Gasteiger partial charge on any atom is 0.324 e. The zero-order chi connectivity index (χ0) is 11.0. The number of carbonyl (C=O) groups is 2. The number of primary amides is 1. The molecule has 0 aromatic carbocycles. The summed E-state index contributed by atoms with van der Waals surface area (Å²) >= 11 is 1.33. The lowest BCUT2D eigenvalue weighted by Crippen LogP contribution is -2.36. The first kappa shape index (κ1) is 9.97. The Balaban J connectivity index is 2.21. The number of nitrogens with two attached hydrogens (primary N) is 1. The van der Waals surface area contributed by atoms with Gasteiger partial charge in [0.2, 0.25) is 0 Å². The Bertz CT molecular complexity index is 380. The lowest BCUT2D eigenvalue weighted by Gasteiger charge is -2.18. The van der Waals surface area contributed by atoms with E-state index in [2.05, 4.69) is 10.1 Å². The number of rotatable bonds is 3. The standard InChI is InChI=1S/C7H8N4O3S/c8-6(14)4-5-7(15-2-9-5)11(10-4)1-3(12)13/h2,5,7H,1H2,(H2,8,14)(H,12,13). The second kappa shape index (κ2) is 3.54. The molecule has 15 heavy (non-hydrogen) atoms. The van der Waals surface area contributed by atoms with Gasteiger partial charge in [-0.2, -0.15) is 5.10 Å². The van der Waals surface area contributed by atoms with Gasteiger partial charge in [-0.05, 0) is 0 Å². The molecule has 0 radical (unpaired) electrons. The highest BCUT2D eigenvalue weighted by atomic mass is 32.2. The summed E-state index contributed by atoms with van der Waals surface area (Å²) in [6, 6.07) is -0.424. The van der Waals surface area contributed by atoms with Crippen LogP contribution in [-0.2, 0) is 9.59 Å². The fraction of sp³-hybridized carbons (Fsp3) is 0.429. The van der Waals surface area contributed by atoms with E-state index in [-0.39, 0.29) is 17.6 Å². The highest BCUT2D eigenvalue weighted by Gasteiger charge is 2.42. The Morgan fingerprint density at radius 1 is 1.67 bits per heavy atom. The second-order valence-corrected chi connectivity index (χ2v) is 4.03. The summed E-state index contributed by atoms with van der Waals surface area (Å²) in [4.78, 5) is 25.6. The summed E-state index contributed by atoms with van der Waals surface area (Å²) in [6.07, 6.45) is 0. The van der Waals surface area contributed by atoms with Crippen molar-refractivity contribution >= 4 is 34.9 Å². The number of aliphatic imine (C=N–C) groups is 1. The summed E-state index contributed by atoms with van der Waals surface area (Å²) in [5.41, 5.74) is 6.83. The SMILES string of the molecule is NC(=O)C1=NN(CC(=O)O)C2SC=NC12. The third kappa shape index (κ3) is 1.67. The molecule has 0 aromatic heterocycles. The number of amides is 1. The van der Waals surface area contributed by atoms with Gasteiger partial charge in [0.25, 0.3) is 5.91 Å². The van der Waals surface area contributed by atoms with Crippen molar-refractivity contribution < 1.29 is 14.7 Å². The minimum atomic E-state index is -1.00. The van der Waals surface area contributed by atoms with Gasteiger partial charge in [-0.15, -0.1) is 0 Å². The van der Waals surface area contributed by atoms with Crippen LogP contribution in [0.3, 0.4) is 0 Å². The molecular weight excluding hydrogens is 220 g/mol. The van der Waals surface area contributed by atoms with Crippen molar-refractivity contribution in [2.45, 2.75) is 11.4 Å². The van der Waals surface area contributed by atoms with Crippen LogP contribution in [0.1, 0.15) is 0 Å². The van der Waals surface area contributed by atoms with E-state index in [1.165, 1.54) is 16.8 Å². The van der Waals surface area contributed by atoms with Gasteiger partial charge < -0.3 is 10.8 Å². The van der Waals surface area contributed by atoms with Crippen molar-refractivity contribution in [2.75, 3.05) is 6.54 Å². The zero-order valence-electron chi connectivity index (χ0n) is 7.53. The molecule has 0 aliphatic carbocycles. The average molecular weight is 228 g/mol. The van der Waals surface area contributed by atoms with E-state index in [1.807, 2.05) is 0 Å². The number of hydrogen-bond donors (Lipinski definition) is 2. The second-order valence-electron chi connectivity index (χ2n) is 3.07. The maximum absolute atomic E-state index is 11.0. The lowest BCUT2D eigenvalue weighted by molar-refractivity contribution is -0.138. The Morgan fingerprint density at radius 2 is 2.40 bits per heavy atom. The van der Waals surface area contributed by atoms with Crippen molar-refractivity contribution in [3.05, 3.63) is 0 Å². The number of aliphatic carboxylic acids is 1. The van der Waals surface area contributed by atoms with Crippen molar-refractivity contribution in [1.82, 2.24) is 5.01 Å². The van der Waals surface area contributed by atoms with Crippen LogP contribution >= 0.6 is 11.8 Å². The van der Waals surface area contributed by atoms with Crippen LogP contribution < -0.4 is 5.73 Å². The van der Waals surface area contributed by atoms with E-state index in [0.717, 1.165) is 0 Å². The molecule has 1 amide bonds. The molecule has 7 nitrogen and oxygen atoms in total. The van der Waals surface area contributed by atoms with E-state index in [0.29, 0.717) is 0 Å². The molecule has 0 saturated heterocycles. The number of hydrazone groups is 1. The van der Waals surface area contributed by atoms with Crippen LogP contribution in [0.15, 0.2) is 10.1 Å². The topological polar surface area (TPSA) is 108 Å².